The van der Waals surface area contributed by atoms with Gasteiger partial charge in [-0.05, 0) is 18.8 Å². The standard InChI is InChI=1S/C11H17F3N2O3S/c12-11(13,14)9-4-15-10(17)6-16(9)5-8-2-1-3-20(18,19)7-8/h8-9H,1-7H2,(H,15,17). The summed E-state index contributed by atoms with van der Waals surface area (Å²) >= 11 is 0. The first-order valence-corrected chi connectivity index (χ1v) is 8.27. The highest BCUT2D eigenvalue weighted by Crippen LogP contribution is 2.28. The number of hydrogen-bond donors (Lipinski definition) is 1. The molecule has 0 aromatic heterocycles. The number of alkyl halides is 3. The van der Waals surface area contributed by atoms with Crippen molar-refractivity contribution in [2.75, 3.05) is 31.1 Å². The highest BCUT2D eigenvalue weighted by Gasteiger charge is 2.46. The monoisotopic (exact) mass is 314 g/mol. The van der Waals surface area contributed by atoms with Crippen molar-refractivity contribution >= 4 is 15.7 Å². The summed E-state index contributed by atoms with van der Waals surface area (Å²) in [7, 11) is -3.16. The van der Waals surface area contributed by atoms with E-state index in [0.717, 1.165) is 4.90 Å². The fourth-order valence-corrected chi connectivity index (χ4v) is 4.56. The molecule has 2 fully saturated rings. The van der Waals surface area contributed by atoms with Gasteiger partial charge in [0.15, 0.2) is 9.84 Å². The predicted molar refractivity (Wildman–Crippen MR) is 65.8 cm³/mol. The number of carbonyl (C=O) groups excluding carboxylic acids is 1. The van der Waals surface area contributed by atoms with Gasteiger partial charge in [-0.3, -0.25) is 9.69 Å². The lowest BCUT2D eigenvalue weighted by molar-refractivity contribution is -0.190. The van der Waals surface area contributed by atoms with Gasteiger partial charge in [-0.25, -0.2) is 8.42 Å². The Labute approximate surface area is 115 Å². The van der Waals surface area contributed by atoms with Gasteiger partial charge < -0.3 is 5.32 Å². The van der Waals surface area contributed by atoms with Crippen LogP contribution in [-0.4, -0.2) is 62.6 Å². The molecule has 2 aliphatic heterocycles. The Morgan fingerprint density at radius 3 is 2.65 bits per heavy atom. The van der Waals surface area contributed by atoms with E-state index in [4.69, 9.17) is 0 Å². The van der Waals surface area contributed by atoms with Gasteiger partial charge in [0.25, 0.3) is 0 Å². The quantitative estimate of drug-likeness (QED) is 0.789. The van der Waals surface area contributed by atoms with E-state index in [9.17, 15) is 26.4 Å². The number of hydrogen-bond acceptors (Lipinski definition) is 4. The number of piperazine rings is 1. The Bertz CT molecular complexity index is 478. The van der Waals surface area contributed by atoms with Gasteiger partial charge >= 0.3 is 6.18 Å². The van der Waals surface area contributed by atoms with Crippen molar-refractivity contribution in [3.63, 3.8) is 0 Å². The van der Waals surface area contributed by atoms with Gasteiger partial charge in [-0.15, -0.1) is 0 Å². The minimum atomic E-state index is -4.43. The number of rotatable bonds is 2. The van der Waals surface area contributed by atoms with E-state index in [0.29, 0.717) is 12.8 Å². The Morgan fingerprint density at radius 2 is 2.05 bits per heavy atom. The molecule has 2 rings (SSSR count). The van der Waals surface area contributed by atoms with Gasteiger partial charge in [0.05, 0.1) is 18.1 Å². The Hall–Kier alpha value is -0.830. The maximum absolute atomic E-state index is 12.9. The Kier molecular flexibility index (Phi) is 4.29. The minimum absolute atomic E-state index is 0.00315. The first-order chi connectivity index (χ1) is 9.17. The molecule has 0 aromatic rings. The number of sulfone groups is 1. The topological polar surface area (TPSA) is 66.5 Å². The summed E-state index contributed by atoms with van der Waals surface area (Å²) in [6.07, 6.45) is -3.37. The number of nitrogens with one attached hydrogen (secondary N) is 1. The fraction of sp³-hybridized carbons (Fsp3) is 0.909. The summed E-state index contributed by atoms with van der Waals surface area (Å²) in [6.45, 7) is -0.806. The Morgan fingerprint density at radius 1 is 1.35 bits per heavy atom. The van der Waals surface area contributed by atoms with Crippen molar-refractivity contribution in [3.05, 3.63) is 0 Å². The summed E-state index contributed by atoms with van der Waals surface area (Å²) in [4.78, 5) is 12.3. The zero-order valence-corrected chi connectivity index (χ0v) is 11.6. The highest BCUT2D eigenvalue weighted by atomic mass is 32.2. The van der Waals surface area contributed by atoms with Crippen molar-refractivity contribution in [1.29, 1.82) is 0 Å². The third kappa shape index (κ3) is 3.85. The van der Waals surface area contributed by atoms with Crippen LogP contribution in [0.25, 0.3) is 0 Å². The lowest BCUT2D eigenvalue weighted by Crippen LogP contribution is -2.61. The molecule has 1 amide bonds. The average Bonchev–Trinajstić information content (AvgIpc) is 2.25. The van der Waals surface area contributed by atoms with Crippen LogP contribution in [-0.2, 0) is 14.6 Å². The first kappa shape index (κ1) is 15.6. The molecular formula is C11H17F3N2O3S. The molecule has 0 aromatic carbocycles. The lowest BCUT2D eigenvalue weighted by atomic mass is 10.0. The van der Waals surface area contributed by atoms with Crippen LogP contribution in [0.3, 0.4) is 0 Å². The van der Waals surface area contributed by atoms with E-state index in [-0.39, 0.29) is 30.5 Å². The molecule has 0 aliphatic carbocycles. The number of halogens is 3. The van der Waals surface area contributed by atoms with Gasteiger partial charge in [-0.1, -0.05) is 0 Å². The van der Waals surface area contributed by atoms with Gasteiger partial charge in [-0.2, -0.15) is 13.2 Å². The lowest BCUT2D eigenvalue weighted by Gasteiger charge is -2.38. The molecule has 2 aliphatic rings. The van der Waals surface area contributed by atoms with Crippen LogP contribution in [0.1, 0.15) is 12.8 Å². The molecule has 0 bridgehead atoms. The van der Waals surface area contributed by atoms with E-state index in [1.807, 2.05) is 0 Å². The van der Waals surface area contributed by atoms with Crippen LogP contribution in [0, 0.1) is 5.92 Å². The van der Waals surface area contributed by atoms with Gasteiger partial charge in [0, 0.05) is 13.1 Å². The van der Waals surface area contributed by atoms with Crippen LogP contribution < -0.4 is 5.32 Å². The second kappa shape index (κ2) is 5.51. The zero-order valence-electron chi connectivity index (χ0n) is 10.8. The van der Waals surface area contributed by atoms with Crippen molar-refractivity contribution in [2.24, 2.45) is 5.92 Å². The molecule has 9 heteroatoms. The molecule has 0 saturated carbocycles. The summed E-state index contributed by atoms with van der Waals surface area (Å²) in [5, 5.41) is 2.20. The van der Waals surface area contributed by atoms with Crippen molar-refractivity contribution in [2.45, 2.75) is 25.1 Å². The largest absolute Gasteiger partial charge is 0.405 e. The molecule has 1 N–H and O–H groups in total. The third-order valence-electron chi connectivity index (χ3n) is 3.71. The van der Waals surface area contributed by atoms with Crippen LogP contribution >= 0.6 is 0 Å². The maximum Gasteiger partial charge on any atom is 0.405 e. The summed E-state index contributed by atoms with van der Waals surface area (Å²) < 4.78 is 61.8. The fourth-order valence-electron chi connectivity index (χ4n) is 2.80. The van der Waals surface area contributed by atoms with E-state index >= 15 is 0 Å². The average molecular weight is 314 g/mol. The molecule has 0 radical (unpaired) electrons. The van der Waals surface area contributed by atoms with Crippen LogP contribution in [0.2, 0.25) is 0 Å². The van der Waals surface area contributed by atoms with E-state index in [2.05, 4.69) is 5.32 Å². The number of nitrogens with zero attached hydrogens (tertiary/aromatic N) is 1. The molecule has 2 atom stereocenters. The molecule has 5 nitrogen and oxygen atoms in total. The third-order valence-corrected chi connectivity index (χ3v) is 5.60. The second-order valence-corrected chi connectivity index (χ2v) is 7.64. The first-order valence-electron chi connectivity index (χ1n) is 6.45. The molecule has 2 saturated heterocycles. The minimum Gasteiger partial charge on any atom is -0.353 e. The van der Waals surface area contributed by atoms with E-state index < -0.39 is 34.5 Å². The van der Waals surface area contributed by atoms with Crippen molar-refractivity contribution < 1.29 is 26.4 Å². The van der Waals surface area contributed by atoms with Crippen LogP contribution in [0.4, 0.5) is 13.2 Å². The van der Waals surface area contributed by atoms with Crippen LogP contribution in [0.5, 0.6) is 0 Å². The van der Waals surface area contributed by atoms with Gasteiger partial charge in [0.2, 0.25) is 5.91 Å². The number of amides is 1. The summed E-state index contributed by atoms with van der Waals surface area (Å²) in [5.41, 5.74) is 0. The molecule has 20 heavy (non-hydrogen) atoms. The molecule has 2 heterocycles. The van der Waals surface area contributed by atoms with E-state index in [1.54, 1.807) is 0 Å². The molecule has 116 valence electrons. The molecule has 2 unspecified atom stereocenters. The SMILES string of the molecule is O=C1CN(CC2CCCS(=O)(=O)C2)C(C(F)(F)F)CN1. The van der Waals surface area contributed by atoms with Crippen LogP contribution in [0.15, 0.2) is 0 Å². The summed E-state index contributed by atoms with van der Waals surface area (Å²) in [6, 6.07) is -1.73. The van der Waals surface area contributed by atoms with Crippen molar-refractivity contribution in [3.8, 4) is 0 Å². The van der Waals surface area contributed by atoms with E-state index in [1.165, 1.54) is 0 Å². The normalized spacial score (nSPS) is 31.9. The molecule has 0 spiro atoms. The number of carbonyl (C=O) groups is 1. The van der Waals surface area contributed by atoms with Crippen molar-refractivity contribution in [1.82, 2.24) is 10.2 Å². The highest BCUT2D eigenvalue weighted by molar-refractivity contribution is 7.91. The zero-order chi connectivity index (χ0) is 15.0. The van der Waals surface area contributed by atoms with Gasteiger partial charge in [0.1, 0.15) is 6.04 Å². The predicted octanol–water partition coefficient (Wildman–Crippen LogP) is 0.174. The maximum atomic E-state index is 12.9. The molecular weight excluding hydrogens is 297 g/mol. The second-order valence-electron chi connectivity index (χ2n) is 5.41. The Balaban J connectivity index is 2.06. The smallest absolute Gasteiger partial charge is 0.353 e. The summed E-state index contributed by atoms with van der Waals surface area (Å²) in [5.74, 6) is -0.767.